The SMILES string of the molecule is CC(OC(=O)c1ccc(=O)n(Cc2ccccc2)n1)C(=O)Nc1ccc(Oc2ccccc2)cc1. The minimum absolute atomic E-state index is 0.0670. The Morgan fingerprint density at radius 2 is 1.49 bits per heavy atom. The highest BCUT2D eigenvalue weighted by Crippen LogP contribution is 2.22. The number of carbonyl (C=O) groups excluding carboxylic acids is 2. The van der Waals surface area contributed by atoms with Gasteiger partial charge in [-0.2, -0.15) is 5.10 Å². The van der Waals surface area contributed by atoms with Crippen molar-refractivity contribution in [1.82, 2.24) is 9.78 Å². The van der Waals surface area contributed by atoms with Crippen molar-refractivity contribution in [2.24, 2.45) is 0 Å². The summed E-state index contributed by atoms with van der Waals surface area (Å²) in [5.74, 6) is 0.00710. The topological polar surface area (TPSA) is 99.5 Å². The van der Waals surface area contributed by atoms with Crippen LogP contribution in [0.25, 0.3) is 0 Å². The first-order valence-corrected chi connectivity index (χ1v) is 10.9. The molecule has 0 radical (unpaired) electrons. The summed E-state index contributed by atoms with van der Waals surface area (Å²) in [6, 6.07) is 27.9. The van der Waals surface area contributed by atoms with Gasteiger partial charge in [0.2, 0.25) is 0 Å². The molecule has 0 spiro atoms. The fourth-order valence-corrected chi connectivity index (χ4v) is 3.18. The minimum atomic E-state index is -1.08. The fourth-order valence-electron chi connectivity index (χ4n) is 3.18. The predicted octanol–water partition coefficient (Wildman–Crippen LogP) is 4.27. The molecule has 8 heteroatoms. The van der Waals surface area contributed by atoms with E-state index in [2.05, 4.69) is 10.4 Å². The number of amides is 1. The molecule has 1 atom stereocenters. The second-order valence-electron chi connectivity index (χ2n) is 7.68. The lowest BCUT2D eigenvalue weighted by Crippen LogP contribution is -2.31. The highest BCUT2D eigenvalue weighted by Gasteiger charge is 2.21. The van der Waals surface area contributed by atoms with Crippen molar-refractivity contribution in [2.45, 2.75) is 19.6 Å². The van der Waals surface area contributed by atoms with Crippen molar-refractivity contribution in [1.29, 1.82) is 0 Å². The van der Waals surface area contributed by atoms with Gasteiger partial charge in [0.25, 0.3) is 11.5 Å². The fraction of sp³-hybridized carbons (Fsp3) is 0.111. The van der Waals surface area contributed by atoms with Crippen LogP contribution >= 0.6 is 0 Å². The third-order valence-electron chi connectivity index (χ3n) is 5.00. The van der Waals surface area contributed by atoms with E-state index in [-0.39, 0.29) is 17.8 Å². The van der Waals surface area contributed by atoms with Crippen LogP contribution in [0.5, 0.6) is 11.5 Å². The summed E-state index contributed by atoms with van der Waals surface area (Å²) in [7, 11) is 0. The molecule has 0 fully saturated rings. The lowest BCUT2D eigenvalue weighted by Gasteiger charge is -2.14. The van der Waals surface area contributed by atoms with Crippen LogP contribution in [0, 0.1) is 0 Å². The van der Waals surface area contributed by atoms with E-state index in [0.717, 1.165) is 5.56 Å². The highest BCUT2D eigenvalue weighted by atomic mass is 16.5. The minimum Gasteiger partial charge on any atom is -0.457 e. The number of ether oxygens (including phenoxy) is 2. The summed E-state index contributed by atoms with van der Waals surface area (Å²) in [5.41, 5.74) is 0.965. The van der Waals surface area contributed by atoms with E-state index in [1.54, 1.807) is 24.3 Å². The lowest BCUT2D eigenvalue weighted by atomic mass is 10.2. The number of carbonyl (C=O) groups is 2. The number of nitrogens with zero attached hydrogens (tertiary/aromatic N) is 2. The normalized spacial score (nSPS) is 11.3. The van der Waals surface area contributed by atoms with Crippen LogP contribution in [0.15, 0.2) is 102 Å². The molecule has 0 aliphatic heterocycles. The largest absolute Gasteiger partial charge is 0.457 e. The smallest absolute Gasteiger partial charge is 0.359 e. The molecule has 0 aliphatic rings. The van der Waals surface area contributed by atoms with E-state index in [0.29, 0.717) is 17.2 Å². The second kappa shape index (κ2) is 10.9. The molecule has 4 aromatic rings. The highest BCUT2D eigenvalue weighted by molar-refractivity contribution is 5.96. The zero-order valence-corrected chi connectivity index (χ0v) is 19.0. The first-order valence-electron chi connectivity index (χ1n) is 10.9. The molecule has 0 saturated carbocycles. The van der Waals surface area contributed by atoms with Crippen molar-refractivity contribution in [3.63, 3.8) is 0 Å². The number of nitrogens with one attached hydrogen (secondary N) is 1. The second-order valence-corrected chi connectivity index (χ2v) is 7.68. The summed E-state index contributed by atoms with van der Waals surface area (Å²) >= 11 is 0. The predicted molar refractivity (Wildman–Crippen MR) is 131 cm³/mol. The zero-order valence-electron chi connectivity index (χ0n) is 19.0. The average Bonchev–Trinajstić information content (AvgIpc) is 2.87. The van der Waals surface area contributed by atoms with E-state index in [4.69, 9.17) is 9.47 Å². The number of para-hydroxylation sites is 1. The van der Waals surface area contributed by atoms with Gasteiger partial charge in [-0.05, 0) is 55.0 Å². The molecular weight excluding hydrogens is 446 g/mol. The summed E-state index contributed by atoms with van der Waals surface area (Å²) < 4.78 is 12.2. The van der Waals surface area contributed by atoms with Gasteiger partial charge in [-0.15, -0.1) is 0 Å². The number of benzene rings is 3. The van der Waals surface area contributed by atoms with Crippen LogP contribution in [0.2, 0.25) is 0 Å². The Morgan fingerprint density at radius 3 is 2.17 bits per heavy atom. The van der Waals surface area contributed by atoms with Gasteiger partial charge >= 0.3 is 5.97 Å². The maximum atomic E-state index is 12.5. The monoisotopic (exact) mass is 469 g/mol. The van der Waals surface area contributed by atoms with Crippen molar-refractivity contribution in [3.05, 3.63) is 119 Å². The van der Waals surface area contributed by atoms with Crippen LogP contribution in [0.3, 0.4) is 0 Å². The Labute approximate surface area is 201 Å². The van der Waals surface area contributed by atoms with Crippen molar-refractivity contribution < 1.29 is 19.1 Å². The molecule has 8 nitrogen and oxygen atoms in total. The number of esters is 1. The van der Waals surface area contributed by atoms with Gasteiger partial charge in [-0.25, -0.2) is 9.48 Å². The Bertz CT molecular complexity index is 1350. The Balaban J connectivity index is 1.34. The molecule has 35 heavy (non-hydrogen) atoms. The molecule has 0 bridgehead atoms. The average molecular weight is 469 g/mol. The number of anilines is 1. The number of hydrogen-bond acceptors (Lipinski definition) is 6. The molecule has 1 N–H and O–H groups in total. The maximum Gasteiger partial charge on any atom is 0.359 e. The van der Waals surface area contributed by atoms with Crippen molar-refractivity contribution >= 4 is 17.6 Å². The zero-order chi connectivity index (χ0) is 24.6. The molecule has 1 amide bonds. The third kappa shape index (κ3) is 6.42. The summed E-state index contributed by atoms with van der Waals surface area (Å²) in [6.07, 6.45) is -1.08. The van der Waals surface area contributed by atoms with Gasteiger partial charge in [0.05, 0.1) is 6.54 Å². The van der Waals surface area contributed by atoms with E-state index in [1.165, 1.54) is 23.7 Å². The van der Waals surface area contributed by atoms with Crippen LogP contribution < -0.4 is 15.6 Å². The van der Waals surface area contributed by atoms with Gasteiger partial charge in [0.1, 0.15) is 11.5 Å². The standard InChI is InChI=1S/C27H23N3O5/c1-19(26(32)28-21-12-14-23(15-13-21)35-22-10-6-3-7-11-22)34-27(33)24-16-17-25(31)30(29-24)18-20-8-4-2-5-9-20/h2-17,19H,18H2,1H3,(H,28,32). The van der Waals surface area contributed by atoms with Crippen LogP contribution in [0.4, 0.5) is 5.69 Å². The Hall–Kier alpha value is -4.72. The Morgan fingerprint density at radius 1 is 0.857 bits per heavy atom. The molecule has 4 rings (SSSR count). The molecule has 1 aromatic heterocycles. The van der Waals surface area contributed by atoms with Gasteiger partial charge in [-0.3, -0.25) is 9.59 Å². The molecule has 3 aromatic carbocycles. The van der Waals surface area contributed by atoms with Crippen molar-refractivity contribution in [3.8, 4) is 11.5 Å². The summed E-state index contributed by atoms with van der Waals surface area (Å²) in [4.78, 5) is 37.2. The lowest BCUT2D eigenvalue weighted by molar-refractivity contribution is -0.123. The van der Waals surface area contributed by atoms with Gasteiger partial charge < -0.3 is 14.8 Å². The summed E-state index contributed by atoms with van der Waals surface area (Å²) in [6.45, 7) is 1.67. The first kappa shape index (κ1) is 23.4. The maximum absolute atomic E-state index is 12.5. The first-order chi connectivity index (χ1) is 17.0. The van der Waals surface area contributed by atoms with Gasteiger partial charge in [-0.1, -0.05) is 48.5 Å². The number of aromatic nitrogens is 2. The molecule has 1 unspecified atom stereocenters. The number of hydrogen-bond donors (Lipinski definition) is 1. The molecular formula is C27H23N3O5. The van der Waals surface area contributed by atoms with E-state index in [9.17, 15) is 14.4 Å². The van der Waals surface area contributed by atoms with E-state index in [1.807, 2.05) is 60.7 Å². The van der Waals surface area contributed by atoms with Gasteiger partial charge in [0, 0.05) is 11.8 Å². The molecule has 1 heterocycles. The molecule has 0 saturated heterocycles. The quantitative estimate of drug-likeness (QED) is 0.387. The van der Waals surface area contributed by atoms with Crippen LogP contribution in [0.1, 0.15) is 23.0 Å². The molecule has 176 valence electrons. The van der Waals surface area contributed by atoms with E-state index < -0.39 is 18.0 Å². The number of rotatable bonds is 8. The van der Waals surface area contributed by atoms with Crippen LogP contribution in [-0.2, 0) is 16.1 Å². The van der Waals surface area contributed by atoms with Gasteiger partial charge in [0.15, 0.2) is 11.8 Å². The van der Waals surface area contributed by atoms with E-state index >= 15 is 0 Å². The Kier molecular flexibility index (Phi) is 7.32. The molecule has 0 aliphatic carbocycles. The third-order valence-corrected chi connectivity index (χ3v) is 5.00. The van der Waals surface area contributed by atoms with Crippen molar-refractivity contribution in [2.75, 3.05) is 5.32 Å². The summed E-state index contributed by atoms with van der Waals surface area (Å²) in [5, 5.41) is 6.79. The van der Waals surface area contributed by atoms with Crippen LogP contribution in [-0.4, -0.2) is 27.8 Å².